The van der Waals surface area contributed by atoms with E-state index in [0.717, 1.165) is 42.0 Å². The van der Waals surface area contributed by atoms with Gasteiger partial charge in [-0.1, -0.05) is 0 Å². The van der Waals surface area contributed by atoms with Crippen LogP contribution < -0.4 is 10.6 Å². The molecule has 0 aromatic carbocycles. The molecule has 2 aliphatic rings. The van der Waals surface area contributed by atoms with Crippen LogP contribution in [0.2, 0.25) is 0 Å². The van der Waals surface area contributed by atoms with Crippen molar-refractivity contribution >= 4 is 11.7 Å². The molecule has 3 N–H and O–H groups in total. The van der Waals surface area contributed by atoms with Crippen molar-refractivity contribution in [3.8, 4) is 0 Å². The van der Waals surface area contributed by atoms with E-state index in [4.69, 9.17) is 11.1 Å². The third-order valence-corrected chi connectivity index (χ3v) is 3.93. The third kappa shape index (κ3) is 3.25. The Morgan fingerprint density at radius 2 is 1.84 bits per heavy atom. The molecule has 1 heterocycles. The fourth-order valence-corrected chi connectivity index (χ4v) is 2.45. The Labute approximate surface area is 114 Å². The number of nitrogens with zero attached hydrogens (tertiary/aromatic N) is 2. The topological polar surface area (TPSA) is 66.0 Å². The minimum atomic E-state index is 0.129. The number of pyridine rings is 1. The number of nitrogen functional groups attached to an aromatic ring is 1. The van der Waals surface area contributed by atoms with Crippen molar-refractivity contribution in [2.45, 2.75) is 32.6 Å². The van der Waals surface area contributed by atoms with Crippen molar-refractivity contribution in [3.63, 3.8) is 0 Å². The Morgan fingerprint density at radius 1 is 1.26 bits per heavy atom. The summed E-state index contributed by atoms with van der Waals surface area (Å²) in [6.45, 7) is 4.21. The van der Waals surface area contributed by atoms with Crippen LogP contribution in [0.15, 0.2) is 12.1 Å². The lowest BCUT2D eigenvalue weighted by atomic mass is 10.2. The summed E-state index contributed by atoms with van der Waals surface area (Å²) in [5.74, 6) is 2.83. The van der Waals surface area contributed by atoms with Crippen molar-refractivity contribution in [2.24, 2.45) is 17.6 Å². The van der Waals surface area contributed by atoms with Gasteiger partial charge in [0.2, 0.25) is 0 Å². The minimum absolute atomic E-state index is 0.129. The Morgan fingerprint density at radius 3 is 2.32 bits per heavy atom. The first-order valence-electron chi connectivity index (χ1n) is 7.20. The first-order chi connectivity index (χ1) is 9.11. The lowest BCUT2D eigenvalue weighted by molar-refractivity contribution is 0.670. The van der Waals surface area contributed by atoms with Gasteiger partial charge in [0.25, 0.3) is 0 Å². The predicted molar refractivity (Wildman–Crippen MR) is 77.7 cm³/mol. The normalized spacial score (nSPS) is 18.4. The number of rotatable bonds is 6. The van der Waals surface area contributed by atoms with Crippen LogP contribution in [0.5, 0.6) is 0 Å². The number of anilines is 1. The van der Waals surface area contributed by atoms with Crippen molar-refractivity contribution < 1.29 is 0 Å². The second-order valence-corrected chi connectivity index (χ2v) is 6.06. The summed E-state index contributed by atoms with van der Waals surface area (Å²) >= 11 is 0. The van der Waals surface area contributed by atoms with Gasteiger partial charge in [0.05, 0.1) is 0 Å². The highest BCUT2D eigenvalue weighted by Gasteiger charge is 2.30. The second-order valence-electron chi connectivity index (χ2n) is 6.06. The van der Waals surface area contributed by atoms with Crippen LogP contribution in [0.1, 0.15) is 36.9 Å². The molecule has 0 bridgehead atoms. The molecule has 2 saturated carbocycles. The van der Waals surface area contributed by atoms with E-state index in [1.165, 1.54) is 25.7 Å². The van der Waals surface area contributed by atoms with Gasteiger partial charge in [-0.15, -0.1) is 0 Å². The fraction of sp³-hybridized carbons (Fsp3) is 0.600. The molecule has 19 heavy (non-hydrogen) atoms. The summed E-state index contributed by atoms with van der Waals surface area (Å²) in [7, 11) is 0. The Hall–Kier alpha value is -1.58. The van der Waals surface area contributed by atoms with Gasteiger partial charge >= 0.3 is 0 Å². The summed E-state index contributed by atoms with van der Waals surface area (Å²) in [5, 5.41) is 7.61. The zero-order valence-corrected chi connectivity index (χ0v) is 11.5. The lowest BCUT2D eigenvalue weighted by Crippen LogP contribution is -2.29. The second kappa shape index (κ2) is 4.83. The molecular weight excluding hydrogens is 236 g/mol. The van der Waals surface area contributed by atoms with Crippen molar-refractivity contribution in [1.29, 1.82) is 5.41 Å². The van der Waals surface area contributed by atoms with Crippen LogP contribution in [0.4, 0.5) is 5.82 Å². The standard InChI is InChI=1S/C15H22N4/c1-10-6-13(15(16)17)7-14(18-10)19(8-11-2-3-11)9-12-4-5-12/h6-7,11-12H,2-5,8-9H2,1H3,(H3,16,17). The van der Waals surface area contributed by atoms with Crippen LogP contribution in [0, 0.1) is 24.2 Å². The van der Waals surface area contributed by atoms with Crippen LogP contribution in [-0.2, 0) is 0 Å². The lowest BCUT2D eigenvalue weighted by Gasteiger charge is -2.24. The monoisotopic (exact) mass is 258 g/mol. The van der Waals surface area contributed by atoms with Gasteiger partial charge < -0.3 is 10.6 Å². The van der Waals surface area contributed by atoms with E-state index in [-0.39, 0.29) is 5.84 Å². The Bertz CT molecular complexity index is 475. The summed E-state index contributed by atoms with van der Waals surface area (Å²) in [6.07, 6.45) is 5.41. The highest BCUT2D eigenvalue weighted by molar-refractivity contribution is 5.95. The van der Waals surface area contributed by atoms with Crippen LogP contribution in [0.25, 0.3) is 0 Å². The quantitative estimate of drug-likeness (QED) is 0.608. The van der Waals surface area contributed by atoms with Crippen LogP contribution in [-0.4, -0.2) is 23.9 Å². The van der Waals surface area contributed by atoms with Gasteiger partial charge in [-0.05, 0) is 56.6 Å². The molecule has 102 valence electrons. The Kier molecular flexibility index (Phi) is 3.17. The number of aromatic nitrogens is 1. The summed E-state index contributed by atoms with van der Waals surface area (Å²) in [6, 6.07) is 3.86. The number of hydrogen-bond donors (Lipinski definition) is 2. The molecule has 0 aliphatic heterocycles. The van der Waals surface area contributed by atoms with Gasteiger partial charge in [0.1, 0.15) is 11.7 Å². The molecule has 1 aromatic heterocycles. The SMILES string of the molecule is Cc1cc(C(=N)N)cc(N(CC2CC2)CC2CC2)n1. The maximum Gasteiger partial charge on any atom is 0.129 e. The zero-order chi connectivity index (χ0) is 13.4. The van der Waals surface area contributed by atoms with E-state index >= 15 is 0 Å². The van der Waals surface area contributed by atoms with Gasteiger partial charge in [0.15, 0.2) is 0 Å². The van der Waals surface area contributed by atoms with Gasteiger partial charge in [-0.3, -0.25) is 5.41 Å². The smallest absolute Gasteiger partial charge is 0.129 e. The average Bonchev–Trinajstić information content (AvgIpc) is 3.22. The molecule has 0 saturated heterocycles. The predicted octanol–water partition coefficient (Wildman–Crippen LogP) is 2.30. The number of aryl methyl sites for hydroxylation is 1. The summed E-state index contributed by atoms with van der Waals surface area (Å²) in [4.78, 5) is 7.06. The van der Waals surface area contributed by atoms with Crippen molar-refractivity contribution in [3.05, 3.63) is 23.4 Å². The van der Waals surface area contributed by atoms with E-state index < -0.39 is 0 Å². The van der Waals surface area contributed by atoms with E-state index in [0.29, 0.717) is 0 Å². The maximum absolute atomic E-state index is 7.61. The van der Waals surface area contributed by atoms with E-state index in [9.17, 15) is 0 Å². The number of nitrogens with two attached hydrogens (primary N) is 1. The highest BCUT2D eigenvalue weighted by atomic mass is 15.2. The molecule has 1 aromatic rings. The van der Waals surface area contributed by atoms with Gasteiger partial charge in [-0.25, -0.2) is 4.98 Å². The molecule has 4 nitrogen and oxygen atoms in total. The van der Waals surface area contributed by atoms with Crippen LogP contribution in [0.3, 0.4) is 0 Å². The van der Waals surface area contributed by atoms with E-state index in [2.05, 4.69) is 9.88 Å². The molecule has 2 aliphatic carbocycles. The molecule has 0 unspecified atom stereocenters. The zero-order valence-electron chi connectivity index (χ0n) is 11.5. The van der Waals surface area contributed by atoms with Crippen molar-refractivity contribution in [2.75, 3.05) is 18.0 Å². The first-order valence-corrected chi connectivity index (χ1v) is 7.20. The molecular formula is C15H22N4. The molecule has 0 spiro atoms. The average molecular weight is 258 g/mol. The largest absolute Gasteiger partial charge is 0.384 e. The number of hydrogen-bond acceptors (Lipinski definition) is 3. The van der Waals surface area contributed by atoms with Gasteiger partial charge in [0, 0.05) is 24.3 Å². The Balaban J connectivity index is 1.84. The highest BCUT2D eigenvalue weighted by Crippen LogP contribution is 2.35. The van der Waals surface area contributed by atoms with Crippen LogP contribution >= 0.6 is 0 Å². The number of amidine groups is 1. The summed E-state index contributed by atoms with van der Waals surface area (Å²) in [5.41, 5.74) is 7.35. The van der Waals surface area contributed by atoms with E-state index in [1.807, 2.05) is 19.1 Å². The van der Waals surface area contributed by atoms with Gasteiger partial charge in [-0.2, -0.15) is 0 Å². The molecule has 0 amide bonds. The molecule has 4 heteroatoms. The molecule has 0 radical (unpaired) electrons. The van der Waals surface area contributed by atoms with Crippen molar-refractivity contribution in [1.82, 2.24) is 4.98 Å². The molecule has 3 rings (SSSR count). The summed E-state index contributed by atoms with van der Waals surface area (Å²) < 4.78 is 0. The minimum Gasteiger partial charge on any atom is -0.384 e. The maximum atomic E-state index is 7.61. The molecule has 2 fully saturated rings. The molecule has 0 atom stereocenters. The van der Waals surface area contributed by atoms with E-state index in [1.54, 1.807) is 0 Å². The first kappa shape index (κ1) is 12.5. The number of nitrogens with one attached hydrogen (secondary N) is 1. The fourth-order valence-electron chi connectivity index (χ4n) is 2.45. The third-order valence-electron chi connectivity index (χ3n) is 3.93.